The van der Waals surface area contributed by atoms with Crippen LogP contribution in [0.15, 0.2) is 62.4 Å². The minimum atomic E-state index is -3.34. The van der Waals surface area contributed by atoms with Crippen LogP contribution in [0.2, 0.25) is 13.3 Å². The fourth-order valence-corrected chi connectivity index (χ4v) is 41.0. The number of hydrogen-bond donors (Lipinski definition) is 0. The maximum absolute atomic E-state index is 14.8. The quantitative estimate of drug-likeness (QED) is 0.0195. The molecule has 29 heteroatoms. The fraction of sp³-hybridized carbons (Fsp3) is 0.495. The molecule has 10 heterocycles. The molecule has 0 unspecified atom stereocenters. The van der Waals surface area contributed by atoms with E-state index in [0.717, 1.165) is 201 Å². The first-order valence-electron chi connectivity index (χ1n) is 46.5. The van der Waals surface area contributed by atoms with Gasteiger partial charge < -0.3 is 0 Å². The third-order valence-electron chi connectivity index (χ3n) is 25.9. The summed E-state index contributed by atoms with van der Waals surface area (Å²) in [6.45, 7) is 21.1. The SMILES string of the molecule is Brc1nc2sc(Br)nc2s1.C.CCCCCCN1C(=O)c2ccc3c4c([c]([Sn]([CH2]CCC)([CH2]CCC)[CH2]CCC)cc(c24)C1=O)C(=O)N(CCCCCC)C3=O.CCCCCCN1C(=O)c2ccc3c4c(c(-c5nc6sc(-c7cc8c9c(ccc%10c9c7C(=O)N(CCCCCC)C%10=O)C(=O)N(CCCCCC)C8=O)nc6s5)cc(c24)C1=O)C(=O)N(CCCCCC)C3=O. The number of halogens is 2. The number of rotatable bonds is 42. The Kier molecular flexibility index (Phi) is 33.0. The second-order valence-corrected chi connectivity index (χ2v) is 54.1. The van der Waals surface area contributed by atoms with Crippen molar-refractivity contribution in [2.75, 3.05) is 39.3 Å². The van der Waals surface area contributed by atoms with E-state index in [1.807, 2.05) is 0 Å². The first-order chi connectivity index (χ1) is 61.5. The van der Waals surface area contributed by atoms with Crippen molar-refractivity contribution in [1.29, 1.82) is 0 Å². The molecule has 10 aromatic rings. The summed E-state index contributed by atoms with van der Waals surface area (Å²) < 4.78 is 6.37. The van der Waals surface area contributed by atoms with Gasteiger partial charge in [0.15, 0.2) is 27.2 Å². The Labute approximate surface area is 787 Å². The fourth-order valence-electron chi connectivity index (χ4n) is 19.1. The van der Waals surface area contributed by atoms with Gasteiger partial charge in [0.1, 0.15) is 10.0 Å². The van der Waals surface area contributed by atoms with Crippen LogP contribution in [0.25, 0.3) is 72.8 Å². The summed E-state index contributed by atoms with van der Waals surface area (Å²) >= 11 is 8.71. The van der Waals surface area contributed by atoms with Crippen LogP contribution in [-0.4, -0.2) is 178 Å². The molecule has 0 atom stereocenters. The number of thiazole rings is 4. The average Bonchev–Trinajstić information content (AvgIpc) is 0.929. The summed E-state index contributed by atoms with van der Waals surface area (Å²) in [5.41, 5.74) is 4.69. The smallest absolute Gasteiger partial charge is 0.262 e. The monoisotopic (exact) mass is 2040 g/mol. The predicted octanol–water partition coefficient (Wildman–Crippen LogP) is 25.3. The van der Waals surface area contributed by atoms with Crippen LogP contribution in [0.5, 0.6) is 0 Å². The van der Waals surface area contributed by atoms with E-state index in [2.05, 4.69) is 110 Å². The van der Waals surface area contributed by atoms with Crippen LogP contribution in [0, 0.1) is 0 Å². The van der Waals surface area contributed by atoms with Crippen molar-refractivity contribution in [3.63, 3.8) is 0 Å². The van der Waals surface area contributed by atoms with E-state index in [9.17, 15) is 57.5 Å². The predicted molar refractivity (Wildman–Crippen MR) is 524 cm³/mol. The van der Waals surface area contributed by atoms with Gasteiger partial charge in [-0.2, -0.15) is 0 Å². The standard InChI is InChI=1S/C56H58N6O8S2.C26H29N2O4.C4Br2N2S2.3C4H9.CH4.Sn/c1-5-9-13-17-25-59-49(63)31-21-23-33-41-39(31)37(53(59)67)29-35(43(41)55(69)61(51(33)65)27-19-15-11-7-3)45-57-47-48(71-45)58-46(72-47)36-30-38-40-32(50(64)60(54(38)68)26-18-14-10-6-2)22-24-34-42(40)44(36)56(70)62(52(34)66)28-20-16-12-8-4;1-3-5-7-9-15-27-23(29)17-11-13-19-22-20(14-12-18(21(17)22)24(27)30)26(32)28(25(19)31)16-10-8-6-4-2;5-3-7-1-2(10-3)8-4(6)9-1;3*1-3-4-2;;/h21-24,29-30H,5-20,25-28H2,1-4H3;11-13H,3-10,15-16H2,1-2H3;;3*1,3-4H2,2H3;1H4;. The summed E-state index contributed by atoms with van der Waals surface area (Å²) in [5.74, 6) is -4.92. The first-order valence-corrected chi connectivity index (χ1v) is 58.8. The zero-order valence-corrected chi connectivity index (χ0v) is 83.8. The van der Waals surface area contributed by atoms with Crippen LogP contribution in [0.3, 0.4) is 0 Å². The average molecular weight is 2050 g/mol. The molecule has 12 amide bonds. The Morgan fingerprint density at radius 2 is 0.477 bits per heavy atom. The van der Waals surface area contributed by atoms with Gasteiger partial charge in [0, 0.05) is 92.2 Å². The number of amides is 12. The number of benzene rings is 6. The first kappa shape index (κ1) is 97.3. The van der Waals surface area contributed by atoms with E-state index in [-0.39, 0.29) is 113 Å². The molecule has 6 aliphatic rings. The molecule has 0 saturated carbocycles. The second-order valence-electron chi connectivity index (χ2n) is 34.5. The molecular formula is C99H118Br2N10O12S4Sn. The van der Waals surface area contributed by atoms with Crippen molar-refractivity contribution in [3.8, 4) is 21.1 Å². The Morgan fingerprint density at radius 1 is 0.250 bits per heavy atom. The van der Waals surface area contributed by atoms with Gasteiger partial charge in [-0.25, -0.2) is 19.9 Å². The molecule has 16 rings (SSSR count). The molecule has 0 fully saturated rings. The number of imide groups is 6. The molecule has 6 aliphatic heterocycles. The van der Waals surface area contributed by atoms with Crippen LogP contribution in [0.4, 0.5) is 0 Å². The molecule has 0 aliphatic carbocycles. The molecule has 678 valence electrons. The molecular weight excluding hydrogens is 1930 g/mol. The van der Waals surface area contributed by atoms with Gasteiger partial charge >= 0.3 is 277 Å². The van der Waals surface area contributed by atoms with Gasteiger partial charge in [-0.1, -0.05) is 158 Å². The molecule has 22 nitrogen and oxygen atoms in total. The van der Waals surface area contributed by atoms with Crippen molar-refractivity contribution in [3.05, 3.63) is 129 Å². The second kappa shape index (κ2) is 43.4. The Balaban J connectivity index is 0.000000212. The number of nitrogens with zero attached hydrogens (tertiary/aromatic N) is 10. The molecule has 6 aromatic carbocycles. The van der Waals surface area contributed by atoms with Gasteiger partial charge in [-0.15, -0.1) is 0 Å². The summed E-state index contributed by atoms with van der Waals surface area (Å²) in [4.78, 5) is 202. The van der Waals surface area contributed by atoms with Gasteiger partial charge in [-0.3, -0.25) is 58.0 Å². The van der Waals surface area contributed by atoms with Crippen molar-refractivity contribution in [2.45, 2.75) is 276 Å². The van der Waals surface area contributed by atoms with E-state index in [0.29, 0.717) is 113 Å². The van der Waals surface area contributed by atoms with Crippen LogP contribution in [-0.2, 0) is 0 Å². The number of carbonyl (C=O) groups is 12. The van der Waals surface area contributed by atoms with E-state index < -0.39 is 65.6 Å². The maximum atomic E-state index is 14.8. The van der Waals surface area contributed by atoms with Crippen LogP contribution < -0.4 is 3.58 Å². The normalized spacial score (nSPS) is 14.7. The zero-order chi connectivity index (χ0) is 90.2. The molecule has 0 spiro atoms. The molecule has 0 radical (unpaired) electrons. The molecule has 128 heavy (non-hydrogen) atoms. The van der Waals surface area contributed by atoms with Gasteiger partial charge in [0.2, 0.25) is 0 Å². The molecule has 4 aromatic heterocycles. The Hall–Kier alpha value is -8.26. The van der Waals surface area contributed by atoms with Crippen molar-refractivity contribution >= 4 is 222 Å². The number of hydrogen-bond acceptors (Lipinski definition) is 20. The Morgan fingerprint density at radius 3 is 0.750 bits per heavy atom. The summed E-state index contributed by atoms with van der Waals surface area (Å²) in [6, 6.07) is 15.3. The number of fused-ring (bicyclic) bond motifs is 2. The third-order valence-corrected chi connectivity index (χ3v) is 46.5. The van der Waals surface area contributed by atoms with Crippen LogP contribution in [0.1, 0.15) is 387 Å². The van der Waals surface area contributed by atoms with E-state index in [1.165, 1.54) is 52.1 Å². The van der Waals surface area contributed by atoms with E-state index >= 15 is 0 Å². The number of aromatic nitrogens is 4. The summed E-state index contributed by atoms with van der Waals surface area (Å²) in [6.07, 6.45) is 28.1. The van der Waals surface area contributed by atoms with Crippen molar-refractivity contribution < 1.29 is 57.5 Å². The maximum Gasteiger partial charge on any atom is 0.262 e. The Bertz CT molecular complexity index is 5700. The molecule has 0 bridgehead atoms. The van der Waals surface area contributed by atoms with E-state index in [1.54, 1.807) is 71.2 Å². The topological polar surface area (TPSA) is 276 Å². The molecule has 0 saturated heterocycles. The molecule has 0 N–H and O–H groups in total. The number of unbranched alkanes of at least 4 members (excludes halogenated alkanes) is 21. The minimum Gasteiger partial charge on any atom is -0.274 e. The van der Waals surface area contributed by atoms with Gasteiger partial charge in [0.05, 0.1) is 11.1 Å². The largest absolute Gasteiger partial charge is 0.274 e. The third kappa shape index (κ3) is 18.9. The minimum absolute atomic E-state index is 0. The summed E-state index contributed by atoms with van der Waals surface area (Å²) in [5, 5.41) is 3.03. The zero-order valence-electron chi connectivity index (χ0n) is 74.5. The van der Waals surface area contributed by atoms with Crippen LogP contribution >= 0.6 is 77.2 Å². The van der Waals surface area contributed by atoms with E-state index in [4.69, 9.17) is 9.97 Å². The van der Waals surface area contributed by atoms with Gasteiger partial charge in [-0.05, 0) is 93.9 Å². The van der Waals surface area contributed by atoms with Crippen molar-refractivity contribution in [1.82, 2.24) is 49.3 Å². The number of carbonyl (C=O) groups excluding carboxylic acids is 12. The van der Waals surface area contributed by atoms with Crippen molar-refractivity contribution in [2.24, 2.45) is 0 Å². The summed E-state index contributed by atoms with van der Waals surface area (Å²) in [7, 11) is 0. The van der Waals surface area contributed by atoms with Gasteiger partial charge in [0.25, 0.3) is 47.3 Å².